The normalized spacial score (nSPS) is 11.0. The van der Waals surface area contributed by atoms with Gasteiger partial charge in [0.25, 0.3) is 0 Å². The highest BCUT2D eigenvalue weighted by atomic mass is 32.1. The number of hydrogen-bond acceptors (Lipinski definition) is 6. The Morgan fingerprint density at radius 2 is 2.35 bits per heavy atom. The molecule has 2 rings (SSSR count). The van der Waals surface area contributed by atoms with Crippen LogP contribution in [0.15, 0.2) is 17.5 Å². The maximum atomic E-state index is 12.1. The third-order valence-electron chi connectivity index (χ3n) is 2.76. The Hall–Kier alpha value is -1.80. The van der Waals surface area contributed by atoms with Gasteiger partial charge in [0.1, 0.15) is 6.54 Å². The van der Waals surface area contributed by atoms with E-state index in [1.165, 1.54) is 16.1 Å². The van der Waals surface area contributed by atoms with Gasteiger partial charge in [-0.3, -0.25) is 4.79 Å². The highest BCUT2D eigenvalue weighted by Gasteiger charge is 2.18. The van der Waals surface area contributed by atoms with Crippen LogP contribution < -0.4 is 0 Å². The molecule has 0 saturated carbocycles. The number of aliphatic hydroxyl groups is 1. The summed E-state index contributed by atoms with van der Waals surface area (Å²) in [4.78, 5) is 15.9. The van der Waals surface area contributed by atoms with Crippen LogP contribution in [-0.4, -0.2) is 55.3 Å². The number of aliphatic hydroxyl groups excluding tert-OH is 1. The molecule has 1 N–H and O–H groups in total. The molecule has 0 aliphatic rings. The summed E-state index contributed by atoms with van der Waals surface area (Å²) in [5.74, 6) is 0.384. The number of nitrogens with zero attached hydrogens (tertiary/aromatic N) is 5. The Morgan fingerprint density at radius 3 is 2.95 bits per heavy atom. The molecule has 0 unspecified atom stereocenters. The molecule has 0 saturated heterocycles. The van der Waals surface area contributed by atoms with Crippen molar-refractivity contribution in [3.63, 3.8) is 0 Å². The van der Waals surface area contributed by atoms with Crippen molar-refractivity contribution in [2.45, 2.75) is 26.4 Å². The molecule has 0 bridgehead atoms. The van der Waals surface area contributed by atoms with Crippen LogP contribution in [-0.2, 0) is 11.3 Å². The summed E-state index contributed by atoms with van der Waals surface area (Å²) in [6.07, 6.45) is 0. The van der Waals surface area contributed by atoms with Gasteiger partial charge in [-0.05, 0) is 30.5 Å². The number of carbonyl (C=O) groups excluding carboxylic acids is 1. The Labute approximate surface area is 120 Å². The van der Waals surface area contributed by atoms with Gasteiger partial charge in [0.15, 0.2) is 0 Å². The van der Waals surface area contributed by atoms with E-state index in [-0.39, 0.29) is 25.1 Å². The van der Waals surface area contributed by atoms with Crippen molar-refractivity contribution in [1.29, 1.82) is 0 Å². The van der Waals surface area contributed by atoms with E-state index < -0.39 is 0 Å². The Balaban J connectivity index is 2.04. The second-order valence-corrected chi connectivity index (χ2v) is 5.47. The van der Waals surface area contributed by atoms with Gasteiger partial charge in [-0.15, -0.1) is 21.5 Å². The predicted octanol–water partition coefficient (Wildman–Crippen LogP) is 0.631. The Morgan fingerprint density at radius 1 is 1.55 bits per heavy atom. The van der Waals surface area contributed by atoms with Crippen LogP contribution >= 0.6 is 11.3 Å². The molecular weight excluding hydrogens is 278 g/mol. The molecule has 0 radical (unpaired) electrons. The van der Waals surface area contributed by atoms with Gasteiger partial charge < -0.3 is 10.0 Å². The van der Waals surface area contributed by atoms with Crippen LogP contribution in [0.4, 0.5) is 0 Å². The highest BCUT2D eigenvalue weighted by molar-refractivity contribution is 7.13. The first kappa shape index (κ1) is 14.6. The van der Waals surface area contributed by atoms with E-state index in [0.29, 0.717) is 12.4 Å². The minimum Gasteiger partial charge on any atom is -0.395 e. The summed E-state index contributed by atoms with van der Waals surface area (Å²) in [7, 11) is 0. The third-order valence-corrected chi connectivity index (χ3v) is 3.62. The van der Waals surface area contributed by atoms with Crippen molar-refractivity contribution in [2.75, 3.05) is 13.2 Å². The van der Waals surface area contributed by atoms with Gasteiger partial charge in [-0.2, -0.15) is 4.80 Å². The SMILES string of the molecule is CC(C)N(CCO)C(=O)Cn1nnc(-c2cccs2)n1. The van der Waals surface area contributed by atoms with Crippen LogP contribution in [0.1, 0.15) is 13.8 Å². The molecule has 8 heteroatoms. The quantitative estimate of drug-likeness (QED) is 0.845. The minimum atomic E-state index is -0.135. The summed E-state index contributed by atoms with van der Waals surface area (Å²) in [6, 6.07) is 3.84. The highest BCUT2D eigenvalue weighted by Crippen LogP contribution is 2.19. The summed E-state index contributed by atoms with van der Waals surface area (Å²) < 4.78 is 0. The van der Waals surface area contributed by atoms with Crippen LogP contribution in [0.2, 0.25) is 0 Å². The number of tetrazole rings is 1. The third kappa shape index (κ3) is 3.40. The molecule has 20 heavy (non-hydrogen) atoms. The maximum Gasteiger partial charge on any atom is 0.246 e. The first-order chi connectivity index (χ1) is 9.61. The fraction of sp³-hybridized carbons (Fsp3) is 0.500. The van der Waals surface area contributed by atoms with Crippen LogP contribution in [0, 0.1) is 0 Å². The monoisotopic (exact) mass is 295 g/mol. The molecule has 0 aromatic carbocycles. The van der Waals surface area contributed by atoms with Gasteiger partial charge in [0.2, 0.25) is 11.7 Å². The topological polar surface area (TPSA) is 84.1 Å². The van der Waals surface area contributed by atoms with Crippen molar-refractivity contribution in [3.8, 4) is 10.7 Å². The van der Waals surface area contributed by atoms with E-state index in [0.717, 1.165) is 4.88 Å². The summed E-state index contributed by atoms with van der Waals surface area (Å²) in [5.41, 5.74) is 0. The molecule has 2 aromatic rings. The molecule has 1 amide bonds. The largest absolute Gasteiger partial charge is 0.395 e. The second-order valence-electron chi connectivity index (χ2n) is 4.53. The zero-order valence-electron chi connectivity index (χ0n) is 11.4. The van der Waals surface area contributed by atoms with Crippen LogP contribution in [0.5, 0.6) is 0 Å². The smallest absolute Gasteiger partial charge is 0.246 e. The average molecular weight is 295 g/mol. The van der Waals surface area contributed by atoms with Crippen LogP contribution in [0.25, 0.3) is 10.7 Å². The van der Waals surface area contributed by atoms with Crippen molar-refractivity contribution in [1.82, 2.24) is 25.1 Å². The summed E-state index contributed by atoms with van der Waals surface area (Å²) >= 11 is 1.52. The molecule has 0 aliphatic heterocycles. The Bertz CT molecular complexity index is 552. The molecule has 0 atom stereocenters. The fourth-order valence-electron chi connectivity index (χ4n) is 1.81. The van der Waals surface area contributed by atoms with E-state index in [4.69, 9.17) is 5.11 Å². The van der Waals surface area contributed by atoms with Gasteiger partial charge >= 0.3 is 0 Å². The minimum absolute atomic E-state index is 0.0231. The summed E-state index contributed by atoms with van der Waals surface area (Å²) in [6.45, 7) is 4.08. The lowest BCUT2D eigenvalue weighted by Crippen LogP contribution is -2.41. The fourth-order valence-corrected chi connectivity index (χ4v) is 2.45. The zero-order chi connectivity index (χ0) is 14.5. The number of carbonyl (C=O) groups is 1. The molecule has 0 spiro atoms. The van der Waals surface area contributed by atoms with Gasteiger partial charge in [-0.25, -0.2) is 0 Å². The van der Waals surface area contributed by atoms with E-state index >= 15 is 0 Å². The van der Waals surface area contributed by atoms with Crippen molar-refractivity contribution >= 4 is 17.2 Å². The van der Waals surface area contributed by atoms with Gasteiger partial charge in [0.05, 0.1) is 11.5 Å². The Kier molecular flexibility index (Phi) is 4.80. The van der Waals surface area contributed by atoms with Crippen molar-refractivity contribution in [3.05, 3.63) is 17.5 Å². The number of aromatic nitrogens is 4. The number of hydrogen-bond donors (Lipinski definition) is 1. The number of thiophene rings is 1. The van der Waals surface area contributed by atoms with Crippen molar-refractivity contribution in [2.24, 2.45) is 0 Å². The lowest BCUT2D eigenvalue weighted by Gasteiger charge is -2.25. The zero-order valence-corrected chi connectivity index (χ0v) is 12.2. The standard InChI is InChI=1S/C12H17N5O2S/c1-9(2)16(5-6-18)11(19)8-17-14-12(13-15-17)10-4-3-7-20-10/h3-4,7,9,18H,5-6,8H2,1-2H3. The lowest BCUT2D eigenvalue weighted by atomic mass is 10.3. The van der Waals surface area contributed by atoms with Gasteiger partial charge in [0, 0.05) is 12.6 Å². The molecule has 108 valence electrons. The molecule has 2 heterocycles. The second kappa shape index (κ2) is 6.58. The number of amides is 1. The summed E-state index contributed by atoms with van der Waals surface area (Å²) in [5, 5.41) is 22.9. The predicted molar refractivity (Wildman–Crippen MR) is 75.1 cm³/mol. The maximum absolute atomic E-state index is 12.1. The molecule has 0 aliphatic carbocycles. The van der Waals surface area contributed by atoms with Gasteiger partial charge in [-0.1, -0.05) is 6.07 Å². The first-order valence-corrected chi connectivity index (χ1v) is 7.21. The molecule has 0 fully saturated rings. The first-order valence-electron chi connectivity index (χ1n) is 6.34. The van der Waals surface area contributed by atoms with Crippen LogP contribution in [0.3, 0.4) is 0 Å². The molecular formula is C12H17N5O2S. The van der Waals surface area contributed by atoms with E-state index in [2.05, 4.69) is 15.4 Å². The van der Waals surface area contributed by atoms with Crippen molar-refractivity contribution < 1.29 is 9.90 Å². The van der Waals surface area contributed by atoms with E-state index in [9.17, 15) is 4.79 Å². The van der Waals surface area contributed by atoms with E-state index in [1.807, 2.05) is 31.4 Å². The molecule has 2 aromatic heterocycles. The average Bonchev–Trinajstić information content (AvgIpc) is 3.05. The number of rotatable bonds is 6. The van der Waals surface area contributed by atoms with E-state index in [1.54, 1.807) is 4.90 Å². The lowest BCUT2D eigenvalue weighted by molar-refractivity contribution is -0.134. The molecule has 7 nitrogen and oxygen atoms in total.